The van der Waals surface area contributed by atoms with Gasteiger partial charge in [0.2, 0.25) is 10.0 Å². The summed E-state index contributed by atoms with van der Waals surface area (Å²) in [6.45, 7) is 0.0773. The number of ether oxygens (including phenoxy) is 2. The summed E-state index contributed by atoms with van der Waals surface area (Å²) in [7, 11) is -3.91. The lowest BCUT2D eigenvalue weighted by atomic mass is 10.2. The van der Waals surface area contributed by atoms with Gasteiger partial charge in [0.05, 0.1) is 23.6 Å². The lowest BCUT2D eigenvalue weighted by Gasteiger charge is -2.17. The van der Waals surface area contributed by atoms with Crippen molar-refractivity contribution in [3.8, 4) is 11.5 Å². The number of hydrogen-bond donors (Lipinski definition) is 2. The quantitative estimate of drug-likeness (QED) is 0.552. The zero-order valence-corrected chi connectivity index (χ0v) is 18.5. The minimum absolute atomic E-state index is 0.00320. The molecular formula is C24H24N2O6S. The second kappa shape index (κ2) is 10.0. The van der Waals surface area contributed by atoms with Crippen LogP contribution in [0.4, 0.5) is 4.79 Å². The number of amides is 1. The summed E-state index contributed by atoms with van der Waals surface area (Å²) in [4.78, 5) is 13.7. The number of sulfonamides is 1. The lowest BCUT2D eigenvalue weighted by Crippen LogP contribution is -2.43. The van der Waals surface area contributed by atoms with Gasteiger partial charge in [0.15, 0.2) is 0 Å². The van der Waals surface area contributed by atoms with Crippen molar-refractivity contribution in [1.82, 2.24) is 9.62 Å². The molecule has 0 bridgehead atoms. The van der Waals surface area contributed by atoms with E-state index in [9.17, 15) is 18.3 Å². The molecule has 1 fully saturated rings. The Morgan fingerprint density at radius 2 is 1.52 bits per heavy atom. The molecule has 1 saturated heterocycles. The van der Waals surface area contributed by atoms with Crippen LogP contribution in [0.2, 0.25) is 0 Å². The Balaban J connectivity index is 1.34. The molecule has 172 valence electrons. The minimum atomic E-state index is -3.91. The third kappa shape index (κ3) is 5.89. The van der Waals surface area contributed by atoms with Crippen LogP contribution in [-0.2, 0) is 21.4 Å². The van der Waals surface area contributed by atoms with Crippen LogP contribution in [-0.4, -0.2) is 49.8 Å². The first-order valence-corrected chi connectivity index (χ1v) is 11.9. The van der Waals surface area contributed by atoms with E-state index in [1.54, 1.807) is 24.3 Å². The van der Waals surface area contributed by atoms with Crippen molar-refractivity contribution in [1.29, 1.82) is 0 Å². The molecule has 2 unspecified atom stereocenters. The fourth-order valence-corrected chi connectivity index (χ4v) is 4.70. The van der Waals surface area contributed by atoms with E-state index < -0.39 is 28.3 Å². The van der Waals surface area contributed by atoms with Gasteiger partial charge in [0.1, 0.15) is 18.1 Å². The average molecular weight is 469 g/mol. The number of carbonyl (C=O) groups is 1. The molecule has 9 heteroatoms. The number of likely N-dealkylation sites (tertiary alicyclic amines) is 1. The molecule has 33 heavy (non-hydrogen) atoms. The number of hydrogen-bond acceptors (Lipinski definition) is 6. The number of para-hydroxylation sites is 1. The Morgan fingerprint density at radius 3 is 2.18 bits per heavy atom. The van der Waals surface area contributed by atoms with Crippen LogP contribution in [0, 0.1) is 0 Å². The molecule has 2 N–H and O–H groups in total. The van der Waals surface area contributed by atoms with Gasteiger partial charge in [-0.15, -0.1) is 0 Å². The predicted molar refractivity (Wildman–Crippen MR) is 121 cm³/mol. The Labute approximate surface area is 192 Å². The smallest absolute Gasteiger partial charge is 0.410 e. The van der Waals surface area contributed by atoms with Crippen molar-refractivity contribution in [2.75, 3.05) is 13.1 Å². The molecule has 0 radical (unpaired) electrons. The van der Waals surface area contributed by atoms with Gasteiger partial charge in [-0.3, -0.25) is 0 Å². The van der Waals surface area contributed by atoms with Gasteiger partial charge in [-0.05, 0) is 42.0 Å². The topological polar surface area (TPSA) is 105 Å². The Bertz CT molecular complexity index is 1170. The Morgan fingerprint density at radius 1 is 0.909 bits per heavy atom. The van der Waals surface area contributed by atoms with Crippen LogP contribution in [0.3, 0.4) is 0 Å². The molecule has 1 heterocycles. The third-order valence-electron chi connectivity index (χ3n) is 5.17. The van der Waals surface area contributed by atoms with Crippen molar-refractivity contribution < 1.29 is 27.8 Å². The van der Waals surface area contributed by atoms with E-state index in [1.165, 1.54) is 17.0 Å². The van der Waals surface area contributed by atoms with Crippen molar-refractivity contribution >= 4 is 16.1 Å². The normalized spacial score (nSPS) is 18.2. The maximum Gasteiger partial charge on any atom is 0.410 e. The van der Waals surface area contributed by atoms with E-state index >= 15 is 0 Å². The molecule has 2 atom stereocenters. The molecular weight excluding hydrogens is 444 g/mol. The van der Waals surface area contributed by atoms with E-state index in [2.05, 4.69) is 4.72 Å². The summed E-state index contributed by atoms with van der Waals surface area (Å²) in [6.07, 6.45) is -1.66. The first-order valence-electron chi connectivity index (χ1n) is 10.4. The highest BCUT2D eigenvalue weighted by Crippen LogP contribution is 2.23. The largest absolute Gasteiger partial charge is 0.457 e. The number of aliphatic hydroxyl groups is 1. The van der Waals surface area contributed by atoms with Crippen LogP contribution >= 0.6 is 0 Å². The van der Waals surface area contributed by atoms with Crippen molar-refractivity contribution in [3.63, 3.8) is 0 Å². The Kier molecular flexibility index (Phi) is 6.93. The number of β-amino-alcohol motifs (C(OH)–C–C–N with tert-alkyl or cyclic N) is 1. The van der Waals surface area contributed by atoms with Crippen LogP contribution < -0.4 is 9.46 Å². The molecule has 0 aliphatic carbocycles. The molecule has 1 aliphatic heterocycles. The van der Waals surface area contributed by atoms with Crippen LogP contribution in [0.15, 0.2) is 89.8 Å². The van der Waals surface area contributed by atoms with E-state index in [1.807, 2.05) is 48.5 Å². The van der Waals surface area contributed by atoms with E-state index in [0.29, 0.717) is 11.5 Å². The number of aliphatic hydroxyl groups excluding tert-OH is 1. The van der Waals surface area contributed by atoms with Gasteiger partial charge in [-0.2, -0.15) is 0 Å². The second-order valence-electron chi connectivity index (χ2n) is 7.63. The second-order valence-corrected chi connectivity index (χ2v) is 9.34. The highest BCUT2D eigenvalue weighted by Gasteiger charge is 2.37. The predicted octanol–water partition coefficient (Wildman–Crippen LogP) is 3.14. The standard InChI is InChI=1S/C24H24N2O6S/c27-23-16-26(24(28)31-17-18-7-3-1-4-8-18)15-22(23)25-33(29,30)21-13-11-20(12-14-21)32-19-9-5-2-6-10-19/h1-14,22-23,25,27H,15-17H2. The average Bonchev–Trinajstić information content (AvgIpc) is 3.19. The summed E-state index contributed by atoms with van der Waals surface area (Å²) in [5.41, 5.74) is 0.836. The van der Waals surface area contributed by atoms with Crippen molar-refractivity contribution in [2.24, 2.45) is 0 Å². The molecule has 0 aromatic heterocycles. The highest BCUT2D eigenvalue weighted by molar-refractivity contribution is 7.89. The zero-order chi connectivity index (χ0) is 23.3. The van der Waals surface area contributed by atoms with E-state index in [0.717, 1.165) is 5.56 Å². The van der Waals surface area contributed by atoms with Gasteiger partial charge in [0, 0.05) is 6.54 Å². The first kappa shape index (κ1) is 22.8. The highest BCUT2D eigenvalue weighted by atomic mass is 32.2. The number of rotatable bonds is 7. The number of nitrogens with one attached hydrogen (secondary N) is 1. The molecule has 1 amide bonds. The Hall–Kier alpha value is -3.40. The molecule has 3 aromatic carbocycles. The summed E-state index contributed by atoms with van der Waals surface area (Å²) in [5, 5.41) is 10.3. The molecule has 0 saturated carbocycles. The van der Waals surface area contributed by atoms with Crippen molar-refractivity contribution in [2.45, 2.75) is 23.6 Å². The van der Waals surface area contributed by atoms with Crippen molar-refractivity contribution in [3.05, 3.63) is 90.5 Å². The molecule has 0 spiro atoms. The number of nitrogens with zero attached hydrogens (tertiary/aromatic N) is 1. The van der Waals surface area contributed by atoms with Gasteiger partial charge in [0.25, 0.3) is 0 Å². The first-order chi connectivity index (χ1) is 15.9. The fraction of sp³-hybridized carbons (Fsp3) is 0.208. The summed E-state index contributed by atoms with van der Waals surface area (Å²) in [5.74, 6) is 1.13. The van der Waals surface area contributed by atoms with E-state index in [-0.39, 0.29) is 24.6 Å². The summed E-state index contributed by atoms with van der Waals surface area (Å²) < 4.78 is 39.0. The van der Waals surface area contributed by atoms with Crippen LogP contribution in [0.1, 0.15) is 5.56 Å². The van der Waals surface area contributed by atoms with Crippen LogP contribution in [0.5, 0.6) is 11.5 Å². The number of carbonyl (C=O) groups excluding carboxylic acids is 1. The molecule has 3 aromatic rings. The van der Waals surface area contributed by atoms with Gasteiger partial charge in [-0.25, -0.2) is 17.9 Å². The van der Waals surface area contributed by atoms with Gasteiger partial charge in [-0.1, -0.05) is 48.5 Å². The molecule has 1 aliphatic rings. The maximum absolute atomic E-state index is 12.8. The lowest BCUT2D eigenvalue weighted by molar-refractivity contribution is 0.0970. The van der Waals surface area contributed by atoms with Gasteiger partial charge >= 0.3 is 6.09 Å². The third-order valence-corrected chi connectivity index (χ3v) is 6.68. The van der Waals surface area contributed by atoms with E-state index in [4.69, 9.17) is 9.47 Å². The fourth-order valence-electron chi connectivity index (χ4n) is 3.44. The molecule has 8 nitrogen and oxygen atoms in total. The maximum atomic E-state index is 12.8. The molecule has 4 rings (SSSR count). The zero-order valence-electron chi connectivity index (χ0n) is 17.7. The SMILES string of the molecule is O=C(OCc1ccccc1)N1CC(O)C(NS(=O)(=O)c2ccc(Oc3ccccc3)cc2)C1. The van der Waals surface area contributed by atoms with Crippen LogP contribution in [0.25, 0.3) is 0 Å². The summed E-state index contributed by atoms with van der Waals surface area (Å²) >= 11 is 0. The monoisotopic (exact) mass is 468 g/mol. The summed E-state index contributed by atoms with van der Waals surface area (Å²) in [6, 6.07) is 23.5. The minimum Gasteiger partial charge on any atom is -0.457 e. The number of benzene rings is 3. The van der Waals surface area contributed by atoms with Gasteiger partial charge < -0.3 is 19.5 Å².